The van der Waals surface area contributed by atoms with Gasteiger partial charge in [0.25, 0.3) is 0 Å². The predicted octanol–water partition coefficient (Wildman–Crippen LogP) is 3.08. The van der Waals surface area contributed by atoms with Crippen LogP contribution >= 0.6 is 15.9 Å². The van der Waals surface area contributed by atoms with Crippen LogP contribution in [0.25, 0.3) is 0 Å². The monoisotopic (exact) mass is 326 g/mol. The molecule has 3 nitrogen and oxygen atoms in total. The fraction of sp³-hybridized carbons (Fsp3) is 0.600. The van der Waals surface area contributed by atoms with Crippen molar-refractivity contribution in [1.82, 2.24) is 4.90 Å². The van der Waals surface area contributed by atoms with Crippen LogP contribution in [0, 0.1) is 6.92 Å². The molecule has 0 aliphatic heterocycles. The van der Waals surface area contributed by atoms with Gasteiger partial charge in [-0.25, -0.2) is 0 Å². The second kappa shape index (κ2) is 6.25. The highest BCUT2D eigenvalue weighted by molar-refractivity contribution is 9.10. The minimum Gasteiger partial charge on any atom is -0.398 e. The van der Waals surface area contributed by atoms with E-state index in [-0.39, 0.29) is 6.10 Å². The maximum Gasteiger partial charge on any atom is 0.0541 e. The number of nitrogen functional groups attached to an aromatic ring is 1. The zero-order valence-corrected chi connectivity index (χ0v) is 13.3. The lowest BCUT2D eigenvalue weighted by atomic mass is 9.92. The number of anilines is 1. The summed E-state index contributed by atoms with van der Waals surface area (Å²) in [6.45, 7) is 2.91. The van der Waals surface area contributed by atoms with Crippen molar-refractivity contribution in [2.45, 2.75) is 51.3 Å². The fourth-order valence-electron chi connectivity index (χ4n) is 2.85. The van der Waals surface area contributed by atoms with E-state index in [1.807, 2.05) is 6.92 Å². The van der Waals surface area contributed by atoms with Crippen molar-refractivity contribution in [2.24, 2.45) is 0 Å². The highest BCUT2D eigenvalue weighted by Crippen LogP contribution is 2.27. The molecule has 1 aliphatic rings. The van der Waals surface area contributed by atoms with Gasteiger partial charge in [-0.2, -0.15) is 0 Å². The predicted molar refractivity (Wildman–Crippen MR) is 83.0 cm³/mol. The standard InChI is InChI=1S/C15H23BrN2O/c1-10-7-12(16)8-11(15(10)17)9-18(2)13-3-5-14(19)6-4-13/h7-8,13-14,19H,3-6,9,17H2,1-2H3. The summed E-state index contributed by atoms with van der Waals surface area (Å²) in [7, 11) is 2.15. The third-order valence-electron chi connectivity index (χ3n) is 4.15. The molecule has 0 saturated heterocycles. The molecule has 0 atom stereocenters. The summed E-state index contributed by atoms with van der Waals surface area (Å²) in [5, 5.41) is 9.57. The Morgan fingerprint density at radius 2 is 1.95 bits per heavy atom. The Morgan fingerprint density at radius 1 is 1.32 bits per heavy atom. The first-order valence-corrected chi connectivity index (χ1v) is 7.69. The number of hydrogen-bond acceptors (Lipinski definition) is 3. The van der Waals surface area contributed by atoms with Crippen LogP contribution in [0.3, 0.4) is 0 Å². The van der Waals surface area contributed by atoms with Gasteiger partial charge in [-0.15, -0.1) is 0 Å². The Balaban J connectivity index is 2.04. The lowest BCUT2D eigenvalue weighted by Gasteiger charge is -2.33. The van der Waals surface area contributed by atoms with E-state index in [1.54, 1.807) is 0 Å². The largest absolute Gasteiger partial charge is 0.398 e. The quantitative estimate of drug-likeness (QED) is 0.839. The number of halogens is 1. The molecule has 0 spiro atoms. The minimum atomic E-state index is -0.0946. The number of hydrogen-bond donors (Lipinski definition) is 2. The number of benzene rings is 1. The SMILES string of the molecule is Cc1cc(Br)cc(CN(C)C2CCC(O)CC2)c1N. The Bertz CT molecular complexity index is 442. The molecule has 0 bridgehead atoms. The number of rotatable bonds is 3. The molecule has 0 heterocycles. The zero-order valence-electron chi connectivity index (χ0n) is 11.7. The van der Waals surface area contributed by atoms with Crippen LogP contribution in [0.4, 0.5) is 5.69 Å². The third-order valence-corrected chi connectivity index (χ3v) is 4.60. The van der Waals surface area contributed by atoms with E-state index in [0.29, 0.717) is 6.04 Å². The topological polar surface area (TPSA) is 49.5 Å². The van der Waals surface area contributed by atoms with Crippen LogP contribution in [0.15, 0.2) is 16.6 Å². The van der Waals surface area contributed by atoms with E-state index >= 15 is 0 Å². The first-order chi connectivity index (χ1) is 8.97. The molecule has 0 radical (unpaired) electrons. The lowest BCUT2D eigenvalue weighted by Crippen LogP contribution is -2.36. The fourth-order valence-corrected chi connectivity index (χ4v) is 3.47. The number of aliphatic hydroxyl groups is 1. The van der Waals surface area contributed by atoms with Crippen LogP contribution in [0.1, 0.15) is 36.8 Å². The molecule has 1 aliphatic carbocycles. The Morgan fingerprint density at radius 3 is 2.58 bits per heavy atom. The molecule has 19 heavy (non-hydrogen) atoms. The normalized spacial score (nSPS) is 23.8. The van der Waals surface area contributed by atoms with Gasteiger partial charge in [-0.1, -0.05) is 15.9 Å². The Hall–Kier alpha value is -0.580. The molecular formula is C15H23BrN2O. The number of nitrogens with zero attached hydrogens (tertiary/aromatic N) is 1. The number of nitrogens with two attached hydrogens (primary N) is 1. The second-order valence-electron chi connectivity index (χ2n) is 5.67. The highest BCUT2D eigenvalue weighted by atomic mass is 79.9. The highest BCUT2D eigenvalue weighted by Gasteiger charge is 2.23. The van der Waals surface area contributed by atoms with E-state index in [2.05, 4.69) is 40.0 Å². The van der Waals surface area contributed by atoms with E-state index in [0.717, 1.165) is 48.0 Å². The van der Waals surface area contributed by atoms with Gasteiger partial charge >= 0.3 is 0 Å². The minimum absolute atomic E-state index is 0.0946. The van der Waals surface area contributed by atoms with Crippen molar-refractivity contribution < 1.29 is 5.11 Å². The smallest absolute Gasteiger partial charge is 0.0541 e. The van der Waals surface area contributed by atoms with Crippen molar-refractivity contribution in [2.75, 3.05) is 12.8 Å². The van der Waals surface area contributed by atoms with Crippen LogP contribution in [-0.2, 0) is 6.54 Å². The maximum absolute atomic E-state index is 9.57. The van der Waals surface area contributed by atoms with E-state index in [4.69, 9.17) is 5.73 Å². The molecule has 4 heteroatoms. The number of aliphatic hydroxyl groups excluding tert-OH is 1. The van der Waals surface area contributed by atoms with Crippen LogP contribution in [0.5, 0.6) is 0 Å². The van der Waals surface area contributed by atoms with Crippen molar-refractivity contribution in [1.29, 1.82) is 0 Å². The Labute approximate surface area is 123 Å². The summed E-state index contributed by atoms with van der Waals surface area (Å²) in [6, 6.07) is 4.72. The van der Waals surface area contributed by atoms with Gasteiger partial charge in [0.1, 0.15) is 0 Å². The zero-order chi connectivity index (χ0) is 14.0. The van der Waals surface area contributed by atoms with Gasteiger partial charge in [-0.05, 0) is 62.9 Å². The molecule has 0 aromatic heterocycles. The summed E-state index contributed by atoms with van der Waals surface area (Å²) in [4.78, 5) is 2.36. The van der Waals surface area contributed by atoms with Crippen LogP contribution in [-0.4, -0.2) is 29.2 Å². The lowest BCUT2D eigenvalue weighted by molar-refractivity contribution is 0.0818. The summed E-state index contributed by atoms with van der Waals surface area (Å²) < 4.78 is 1.08. The van der Waals surface area contributed by atoms with Gasteiger partial charge in [0.2, 0.25) is 0 Å². The van der Waals surface area contributed by atoms with E-state index in [1.165, 1.54) is 5.56 Å². The van der Waals surface area contributed by atoms with Crippen molar-refractivity contribution in [3.8, 4) is 0 Å². The molecule has 106 valence electrons. The average molecular weight is 327 g/mol. The molecule has 1 fully saturated rings. The molecule has 1 aromatic carbocycles. The molecule has 3 N–H and O–H groups in total. The van der Waals surface area contributed by atoms with E-state index in [9.17, 15) is 5.11 Å². The number of aryl methyl sites for hydroxylation is 1. The molecule has 1 aromatic rings. The second-order valence-corrected chi connectivity index (χ2v) is 6.59. The van der Waals surface area contributed by atoms with Gasteiger partial charge in [0.05, 0.1) is 6.10 Å². The van der Waals surface area contributed by atoms with Crippen molar-refractivity contribution in [3.63, 3.8) is 0 Å². The van der Waals surface area contributed by atoms with Gasteiger partial charge < -0.3 is 10.8 Å². The van der Waals surface area contributed by atoms with Gasteiger partial charge in [0, 0.05) is 22.7 Å². The average Bonchev–Trinajstić information content (AvgIpc) is 2.36. The summed E-state index contributed by atoms with van der Waals surface area (Å²) >= 11 is 3.53. The first-order valence-electron chi connectivity index (χ1n) is 6.90. The van der Waals surface area contributed by atoms with Gasteiger partial charge in [0.15, 0.2) is 0 Å². The van der Waals surface area contributed by atoms with E-state index < -0.39 is 0 Å². The molecular weight excluding hydrogens is 304 g/mol. The van der Waals surface area contributed by atoms with Crippen LogP contribution < -0.4 is 5.73 Å². The third kappa shape index (κ3) is 3.71. The van der Waals surface area contributed by atoms with Crippen LogP contribution in [0.2, 0.25) is 0 Å². The summed E-state index contributed by atoms with van der Waals surface area (Å²) in [5.74, 6) is 0. The molecule has 0 unspecified atom stereocenters. The molecule has 0 amide bonds. The van der Waals surface area contributed by atoms with Crippen molar-refractivity contribution in [3.05, 3.63) is 27.7 Å². The summed E-state index contributed by atoms with van der Waals surface area (Å²) in [5.41, 5.74) is 9.36. The molecule has 2 rings (SSSR count). The first kappa shape index (κ1) is 14.8. The van der Waals surface area contributed by atoms with Gasteiger partial charge in [-0.3, -0.25) is 4.90 Å². The Kier molecular flexibility index (Phi) is 4.87. The summed E-state index contributed by atoms with van der Waals surface area (Å²) in [6.07, 6.45) is 3.89. The van der Waals surface area contributed by atoms with Crippen molar-refractivity contribution >= 4 is 21.6 Å². The maximum atomic E-state index is 9.57. The molecule has 1 saturated carbocycles.